The summed E-state index contributed by atoms with van der Waals surface area (Å²) >= 11 is 0. The normalized spacial score (nSPS) is 12.3. The van der Waals surface area contributed by atoms with Gasteiger partial charge in [-0.3, -0.25) is 4.57 Å². The number of rotatable bonds is 4. The van der Waals surface area contributed by atoms with Gasteiger partial charge in [-0.05, 0) is 119 Å². The highest BCUT2D eigenvalue weighted by atomic mass is 15.1. The third kappa shape index (κ3) is 5.70. The van der Waals surface area contributed by atoms with Crippen LogP contribution >= 0.6 is 0 Å². The zero-order valence-electron chi connectivity index (χ0n) is 31.4. The van der Waals surface area contributed by atoms with Crippen LogP contribution in [-0.2, 0) is 10.8 Å². The predicted molar refractivity (Wildman–Crippen MR) is 227 cm³/mol. The smallest absolute Gasteiger partial charge is 0.145 e. The number of aromatic nitrogens is 2. The summed E-state index contributed by atoms with van der Waals surface area (Å²) in [6, 6.07) is 58.0. The Balaban J connectivity index is 1.32. The molecule has 9 aromatic rings. The van der Waals surface area contributed by atoms with Crippen molar-refractivity contribution in [2.45, 2.75) is 52.4 Å². The summed E-state index contributed by atoms with van der Waals surface area (Å²) in [5.41, 5.74) is 12.0. The van der Waals surface area contributed by atoms with E-state index in [2.05, 4.69) is 204 Å². The zero-order valence-corrected chi connectivity index (χ0v) is 31.4. The minimum absolute atomic E-state index is 0.000000634. The predicted octanol–water partition coefficient (Wildman–Crippen LogP) is 14.1. The lowest BCUT2D eigenvalue weighted by Gasteiger charge is -2.25. The number of benzene rings is 8. The van der Waals surface area contributed by atoms with Crippen molar-refractivity contribution < 1.29 is 0 Å². The first-order chi connectivity index (χ1) is 25.5. The second-order valence-corrected chi connectivity index (χ2v) is 16.5. The topological polar surface area (TPSA) is 17.8 Å². The van der Waals surface area contributed by atoms with Crippen LogP contribution in [0.15, 0.2) is 158 Å². The van der Waals surface area contributed by atoms with Gasteiger partial charge in [0.1, 0.15) is 5.82 Å². The van der Waals surface area contributed by atoms with Crippen molar-refractivity contribution in [3.63, 3.8) is 0 Å². The van der Waals surface area contributed by atoms with E-state index < -0.39 is 0 Å². The molecule has 258 valence electrons. The largest absolute Gasteiger partial charge is 0.292 e. The maximum atomic E-state index is 5.16. The van der Waals surface area contributed by atoms with Gasteiger partial charge < -0.3 is 0 Å². The van der Waals surface area contributed by atoms with Crippen LogP contribution in [0.3, 0.4) is 0 Å². The van der Waals surface area contributed by atoms with Gasteiger partial charge in [0, 0.05) is 11.3 Å². The fraction of sp³-hybridized carbons (Fsp3) is 0.157. The van der Waals surface area contributed by atoms with E-state index in [1.165, 1.54) is 65.7 Å². The lowest BCUT2D eigenvalue weighted by Crippen LogP contribution is -2.11. The molecule has 0 N–H and O–H groups in total. The van der Waals surface area contributed by atoms with Crippen LogP contribution in [0, 0.1) is 0 Å². The van der Waals surface area contributed by atoms with E-state index in [1.807, 2.05) is 0 Å². The van der Waals surface area contributed by atoms with E-state index in [-0.39, 0.29) is 10.8 Å². The molecule has 0 atom stereocenters. The van der Waals surface area contributed by atoms with Gasteiger partial charge in [0.15, 0.2) is 0 Å². The average Bonchev–Trinajstić information content (AvgIpc) is 3.56. The molecular formula is C51H44N2. The Morgan fingerprint density at radius 3 is 1.58 bits per heavy atom. The SMILES string of the molecule is CC(C)(C)c1ccc2c(-c3ccc4ccccc4c3)c3cc(C(C)(C)C)ccc3c(-c3ccc(-c4nc5ccccc5n4-c4ccccc4)cc3)c2c1. The van der Waals surface area contributed by atoms with Crippen LogP contribution < -0.4 is 0 Å². The van der Waals surface area contributed by atoms with Crippen molar-refractivity contribution in [2.24, 2.45) is 0 Å². The van der Waals surface area contributed by atoms with E-state index in [4.69, 9.17) is 4.98 Å². The second kappa shape index (κ2) is 12.3. The number of hydrogen-bond donors (Lipinski definition) is 0. The summed E-state index contributed by atoms with van der Waals surface area (Å²) in [6.45, 7) is 13.8. The molecule has 0 bridgehead atoms. The first kappa shape index (κ1) is 32.9. The fourth-order valence-electron chi connectivity index (χ4n) is 7.97. The van der Waals surface area contributed by atoms with E-state index in [1.54, 1.807) is 0 Å². The number of nitrogens with zero attached hydrogens (tertiary/aromatic N) is 2. The number of imidazole rings is 1. The molecule has 0 saturated heterocycles. The third-order valence-corrected chi connectivity index (χ3v) is 10.9. The van der Waals surface area contributed by atoms with Gasteiger partial charge in [-0.25, -0.2) is 4.98 Å². The van der Waals surface area contributed by atoms with E-state index in [9.17, 15) is 0 Å². The molecule has 2 nitrogen and oxygen atoms in total. The van der Waals surface area contributed by atoms with Crippen molar-refractivity contribution in [2.75, 3.05) is 0 Å². The minimum Gasteiger partial charge on any atom is -0.292 e. The Hall–Kier alpha value is -5.99. The van der Waals surface area contributed by atoms with Gasteiger partial charge in [0.25, 0.3) is 0 Å². The summed E-state index contributed by atoms with van der Waals surface area (Å²) in [7, 11) is 0. The second-order valence-electron chi connectivity index (χ2n) is 16.5. The van der Waals surface area contributed by atoms with Crippen molar-refractivity contribution in [1.29, 1.82) is 0 Å². The Morgan fingerprint density at radius 2 is 0.943 bits per heavy atom. The van der Waals surface area contributed by atoms with Gasteiger partial charge in [-0.2, -0.15) is 0 Å². The first-order valence-corrected chi connectivity index (χ1v) is 18.7. The summed E-state index contributed by atoms with van der Waals surface area (Å²) in [5.74, 6) is 0.940. The number of fused-ring (bicyclic) bond motifs is 4. The molecule has 0 amide bonds. The summed E-state index contributed by atoms with van der Waals surface area (Å²) < 4.78 is 2.27. The number of para-hydroxylation sites is 3. The van der Waals surface area contributed by atoms with Gasteiger partial charge in [-0.1, -0.05) is 157 Å². The molecule has 8 aromatic carbocycles. The van der Waals surface area contributed by atoms with Gasteiger partial charge in [0.05, 0.1) is 11.0 Å². The molecule has 0 aliphatic rings. The van der Waals surface area contributed by atoms with Crippen molar-refractivity contribution in [1.82, 2.24) is 9.55 Å². The summed E-state index contributed by atoms with van der Waals surface area (Å²) in [5, 5.41) is 7.62. The third-order valence-electron chi connectivity index (χ3n) is 10.9. The Labute approximate surface area is 312 Å². The zero-order chi connectivity index (χ0) is 36.5. The Kier molecular flexibility index (Phi) is 7.64. The van der Waals surface area contributed by atoms with E-state index in [0.29, 0.717) is 0 Å². The van der Waals surface area contributed by atoms with Crippen molar-refractivity contribution in [3.05, 3.63) is 169 Å². The summed E-state index contributed by atoms with van der Waals surface area (Å²) in [4.78, 5) is 5.16. The van der Waals surface area contributed by atoms with Crippen LogP contribution in [0.25, 0.3) is 82.7 Å². The maximum absolute atomic E-state index is 5.16. The molecule has 0 spiro atoms. The standard InChI is InChI=1S/C51H44N2/c1-50(2,3)38-27-29-42-43(31-38)47(34-21-23-35(24-22-34)49-52-45-18-12-13-19-46(45)53(49)40-16-8-7-9-17-40)41-28-26-39(51(4,5)6)32-44(41)48(42)37-25-20-33-14-10-11-15-36(33)30-37/h7-32H,1-6H3. The van der Waals surface area contributed by atoms with E-state index >= 15 is 0 Å². The molecular weight excluding hydrogens is 641 g/mol. The molecule has 1 heterocycles. The van der Waals surface area contributed by atoms with Crippen LogP contribution in [0.5, 0.6) is 0 Å². The molecule has 1 aromatic heterocycles. The fourth-order valence-corrected chi connectivity index (χ4v) is 7.97. The Morgan fingerprint density at radius 1 is 0.415 bits per heavy atom. The highest BCUT2D eigenvalue weighted by molar-refractivity contribution is 6.22. The monoisotopic (exact) mass is 684 g/mol. The van der Waals surface area contributed by atoms with E-state index in [0.717, 1.165) is 28.1 Å². The molecule has 0 fully saturated rings. The molecule has 0 unspecified atom stereocenters. The maximum Gasteiger partial charge on any atom is 0.145 e. The van der Waals surface area contributed by atoms with Crippen LogP contribution in [0.2, 0.25) is 0 Å². The molecule has 0 saturated carbocycles. The van der Waals surface area contributed by atoms with Crippen LogP contribution in [-0.4, -0.2) is 9.55 Å². The lowest BCUT2D eigenvalue weighted by atomic mass is 9.79. The van der Waals surface area contributed by atoms with Crippen molar-refractivity contribution in [3.8, 4) is 39.3 Å². The molecule has 0 aliphatic heterocycles. The molecule has 53 heavy (non-hydrogen) atoms. The van der Waals surface area contributed by atoms with Crippen LogP contribution in [0.4, 0.5) is 0 Å². The van der Waals surface area contributed by atoms with Gasteiger partial charge in [0.2, 0.25) is 0 Å². The summed E-state index contributed by atoms with van der Waals surface area (Å²) in [6.07, 6.45) is 0. The molecule has 2 heteroatoms. The average molecular weight is 685 g/mol. The molecule has 9 rings (SSSR count). The van der Waals surface area contributed by atoms with Crippen LogP contribution in [0.1, 0.15) is 52.7 Å². The number of hydrogen-bond acceptors (Lipinski definition) is 1. The van der Waals surface area contributed by atoms with Crippen molar-refractivity contribution >= 4 is 43.4 Å². The molecule has 0 aliphatic carbocycles. The van der Waals surface area contributed by atoms with Gasteiger partial charge in [-0.15, -0.1) is 0 Å². The lowest BCUT2D eigenvalue weighted by molar-refractivity contribution is 0.590. The Bertz CT molecular complexity index is 2820. The highest BCUT2D eigenvalue weighted by Crippen LogP contribution is 2.46. The highest BCUT2D eigenvalue weighted by Gasteiger charge is 2.23. The van der Waals surface area contributed by atoms with Gasteiger partial charge >= 0.3 is 0 Å². The minimum atomic E-state index is -0.000000634. The first-order valence-electron chi connectivity index (χ1n) is 18.7. The quantitative estimate of drug-likeness (QED) is 0.169. The molecule has 0 radical (unpaired) electrons.